The lowest BCUT2D eigenvalue weighted by atomic mass is 9.37. The molecule has 0 radical (unpaired) electrons. The molecule has 8 aliphatic heterocycles. The summed E-state index contributed by atoms with van der Waals surface area (Å²) in [7, 11) is 0. The number of esters is 3. The Morgan fingerprint density at radius 1 is 0.596 bits per heavy atom. The maximum atomic E-state index is 16.3. The number of aliphatic carboxylic acids is 1. The minimum absolute atomic E-state index is 0.0101. The number of hydrogen-bond acceptors (Lipinski definition) is 46. The van der Waals surface area contributed by atoms with Gasteiger partial charge in [-0.15, -0.1) is 0 Å². The topological polar surface area (TPSA) is 737 Å². The smallest absolute Gasteiger partial charge is 0.335 e. The zero-order valence-electron chi connectivity index (χ0n) is 81.5. The van der Waals surface area contributed by atoms with E-state index < -0.39 is 384 Å². The van der Waals surface area contributed by atoms with Gasteiger partial charge in [-0.2, -0.15) is 0 Å². The molecule has 47 nitrogen and oxygen atoms in total. The summed E-state index contributed by atoms with van der Waals surface area (Å²) >= 11 is 0. The van der Waals surface area contributed by atoms with Gasteiger partial charge in [-0.25, -0.2) is 4.79 Å². The summed E-state index contributed by atoms with van der Waals surface area (Å²) in [6, 6.07) is 0. The molecule has 7 saturated heterocycles. The number of rotatable bonds is 41. The van der Waals surface area contributed by atoms with Crippen molar-refractivity contribution >= 4 is 30.2 Å². The fourth-order valence-corrected chi connectivity index (χ4v) is 22.8. The summed E-state index contributed by atoms with van der Waals surface area (Å²) in [5, 5.41) is 268. The zero-order valence-corrected chi connectivity index (χ0v) is 81.5. The van der Waals surface area contributed by atoms with Crippen LogP contribution in [0.3, 0.4) is 0 Å². The van der Waals surface area contributed by atoms with Gasteiger partial charge < -0.3 is 213 Å². The first kappa shape index (κ1) is 115. The molecular formula is C94H152O47. The quantitative estimate of drug-likeness (QED) is 0.00902. The van der Waals surface area contributed by atoms with Crippen LogP contribution in [0.5, 0.6) is 0 Å². The molecule has 810 valence electrons. The van der Waals surface area contributed by atoms with E-state index in [1.165, 1.54) is 13.8 Å². The van der Waals surface area contributed by atoms with Crippen molar-refractivity contribution < 1.29 is 232 Å². The zero-order chi connectivity index (χ0) is 104. The Morgan fingerprint density at radius 2 is 1.18 bits per heavy atom. The van der Waals surface area contributed by atoms with Gasteiger partial charge in [-0.05, 0) is 117 Å². The number of aliphatic hydroxyl groups is 23. The highest BCUT2D eigenvalue weighted by atomic mass is 16.8. The first-order valence-corrected chi connectivity index (χ1v) is 49.2. The second-order valence-electron chi connectivity index (χ2n) is 42.4. The SMILES string of the molecule is CCCC[C@H](O[C@@H]1OC(C(=O)O)[C@H](O)C(O[C@@H]2OC(CO)[C@@H](O)C(O)[C@H]2O)C1O[C@@H]1OC(CO)[C@H](O)C(O)C1O)[C@@](C)(C=O)C1CC[C@]2(C)C(CC=C3C4CC(C)(C)CC[C@]4(C(=O)O[C@@H]4OC(C)C(OC(=O)C[C@@H](O)C[C@H](OC(=O)C[C@@H](O)C[C@H](OC5(O)CO[C@@H](CO)C5O)[C@@H](C)CC)[C@@H](C)CC)=C(O)C4O[C@@H]4OC(C)[C@H](O[C@H]5OCC(O)[C@H](O[C@@H]6OCC(O)(CO)C6O)C5O)C(O)C4O)[C@H](O)C[C@]32C)C1. The van der Waals surface area contributed by atoms with E-state index in [1.54, 1.807) is 27.7 Å². The number of hydrogen-bond donors (Lipinski definition) is 24. The van der Waals surface area contributed by atoms with E-state index in [0.29, 0.717) is 51.4 Å². The molecule has 141 heavy (non-hydrogen) atoms. The van der Waals surface area contributed by atoms with Crippen LogP contribution < -0.4 is 0 Å². The van der Waals surface area contributed by atoms with Gasteiger partial charge in [0.15, 0.2) is 61.5 Å². The average molecular weight is 2030 g/mol. The summed E-state index contributed by atoms with van der Waals surface area (Å²) in [6.07, 6.45) is -63.4. The van der Waals surface area contributed by atoms with Gasteiger partial charge >= 0.3 is 23.9 Å². The van der Waals surface area contributed by atoms with Crippen molar-refractivity contribution in [2.75, 3.05) is 46.2 Å². The molecule has 0 spiro atoms. The third kappa shape index (κ3) is 23.5. The maximum absolute atomic E-state index is 16.3. The van der Waals surface area contributed by atoms with E-state index in [2.05, 4.69) is 6.92 Å². The van der Waals surface area contributed by atoms with Gasteiger partial charge in [0.25, 0.3) is 0 Å². The second-order valence-corrected chi connectivity index (χ2v) is 42.4. The van der Waals surface area contributed by atoms with E-state index >= 15 is 4.79 Å². The molecule has 8 heterocycles. The van der Waals surface area contributed by atoms with Crippen LogP contribution in [-0.4, -0.2) is 438 Å². The predicted octanol–water partition coefficient (Wildman–Crippen LogP) is -4.50. The molecule has 24 N–H and O–H groups in total. The standard InChI is InChI=1S/C94H152O47/c1-13-16-17-56(132-85-76(139-83-65(112)62(109)60(107)53(32-96)131-83)73(68(115)74(137-85)79(119)120)136-82-64(111)61(108)59(106)52(31-95)130-82)89(10,35-98)43-20-21-90(11)44(24-43)18-19-47-48-29-88(8,9)22-23-93(48,55(103)30-91(47,90)12)87(121)140-84-75(138-81-66(113)63(110)70(41(6)127-81)134-80-69(116)72(49(102)34-124-80)135-86-78(118)92(122,36-99)37-126-86)67(114)71(42(7)128-84)133-58(105)28-45(100)25-50(39(4)14-2)129-57(104)27-46(101)26-51(40(5)15-3)141-94(123)38-125-54(33-97)77(94)117/h19,35,39-46,48-56,59-66,68-70,72-78,80-86,95-97,99-103,106-118,122-123H,13-18,20-34,36-38H2,1-12H3,(H,119,120)/t39-,40-,41?,42?,43?,44?,45-,46-,48?,49?,50-,51-,52?,53?,54-,55+,56-,59+,60-,61?,62?,63?,64+,65?,66?,68+,69?,70-,72-,73?,74?,75?,76?,77?,78?,80+,81-,82-,83-,84-,85+,86-,89-,90+,91+,92?,93+,94?/m0/s1. The number of carbonyl (C=O) groups is 5. The van der Waals surface area contributed by atoms with Crippen LogP contribution in [0.25, 0.3) is 0 Å². The Labute approximate surface area is 815 Å². The van der Waals surface area contributed by atoms with Crippen molar-refractivity contribution in [2.24, 2.45) is 56.7 Å². The number of allylic oxidation sites excluding steroid dienone is 2. The summed E-state index contributed by atoms with van der Waals surface area (Å²) in [6.45, 7) is 16.2. The van der Waals surface area contributed by atoms with Crippen molar-refractivity contribution in [1.82, 2.24) is 0 Å². The third-order valence-corrected chi connectivity index (χ3v) is 32.6. The fraction of sp³-hybridized carbons (Fsp3) is 0.904. The lowest BCUT2D eigenvalue weighted by molar-refractivity contribution is -0.394. The average Bonchev–Trinajstić information content (AvgIpc) is 0.877. The van der Waals surface area contributed by atoms with Crippen molar-refractivity contribution in [3.05, 3.63) is 23.2 Å². The molecule has 48 atom stereocenters. The molecule has 10 fully saturated rings. The summed E-state index contributed by atoms with van der Waals surface area (Å²) in [4.78, 5) is 72.2. The molecule has 12 aliphatic rings. The van der Waals surface area contributed by atoms with Crippen molar-refractivity contribution in [2.45, 2.75) is 431 Å². The molecule has 12 rings (SSSR count). The van der Waals surface area contributed by atoms with E-state index in [4.69, 9.17) is 85.3 Å². The Hall–Kier alpha value is -4.65. The molecule has 0 amide bonds. The fourth-order valence-electron chi connectivity index (χ4n) is 22.8. The number of carbonyl (C=O) groups excluding carboxylic acids is 4. The first-order chi connectivity index (χ1) is 66.3. The highest BCUT2D eigenvalue weighted by Gasteiger charge is 2.71. The van der Waals surface area contributed by atoms with Crippen LogP contribution in [0, 0.1) is 56.7 Å². The van der Waals surface area contributed by atoms with Gasteiger partial charge in [-0.1, -0.05) is 107 Å². The number of fused-ring (bicyclic) bond motifs is 5. The third-order valence-electron chi connectivity index (χ3n) is 32.6. The minimum atomic E-state index is -2.34. The number of carboxylic acid groups (broad SMARTS) is 1. The van der Waals surface area contributed by atoms with Gasteiger partial charge in [0.05, 0.1) is 94.5 Å². The number of carboxylic acids is 1. The summed E-state index contributed by atoms with van der Waals surface area (Å²) in [5.74, 6) is -11.5. The number of unbranched alkanes of at least 4 members (excludes halogenated alkanes) is 1. The second kappa shape index (κ2) is 46.9. The van der Waals surface area contributed by atoms with E-state index in [1.807, 2.05) is 40.7 Å². The Bertz CT molecular complexity index is 4190. The molecule has 0 aromatic rings. The van der Waals surface area contributed by atoms with Gasteiger partial charge in [0.2, 0.25) is 12.1 Å². The van der Waals surface area contributed by atoms with Crippen LogP contribution >= 0.6 is 0 Å². The molecule has 4 aliphatic carbocycles. The van der Waals surface area contributed by atoms with Crippen LogP contribution in [0.4, 0.5) is 0 Å². The maximum Gasteiger partial charge on any atom is 0.335 e. The van der Waals surface area contributed by atoms with Crippen molar-refractivity contribution in [3.63, 3.8) is 0 Å². The number of aldehydes is 1. The number of ether oxygens (including phenoxy) is 18. The van der Waals surface area contributed by atoms with Crippen molar-refractivity contribution in [3.8, 4) is 0 Å². The molecule has 0 aromatic carbocycles. The number of aliphatic hydroxyl groups excluding tert-OH is 21. The van der Waals surface area contributed by atoms with Crippen LogP contribution in [-0.2, 0) is 109 Å². The summed E-state index contributed by atoms with van der Waals surface area (Å²) < 4.78 is 108. The lowest BCUT2D eigenvalue weighted by Crippen LogP contribution is -2.68. The first-order valence-electron chi connectivity index (χ1n) is 49.2. The van der Waals surface area contributed by atoms with Gasteiger partial charge in [-0.3, -0.25) is 14.4 Å². The van der Waals surface area contributed by atoms with E-state index in [0.717, 1.165) is 11.9 Å². The van der Waals surface area contributed by atoms with Crippen molar-refractivity contribution in [1.29, 1.82) is 0 Å². The summed E-state index contributed by atoms with van der Waals surface area (Å²) in [5.41, 5.74) is -7.04. The van der Waals surface area contributed by atoms with Gasteiger partial charge in [0.1, 0.15) is 158 Å². The lowest BCUT2D eigenvalue weighted by Gasteiger charge is -2.67. The highest BCUT2D eigenvalue weighted by molar-refractivity contribution is 5.80. The molecule has 0 bridgehead atoms. The molecule has 47 heteroatoms. The van der Waals surface area contributed by atoms with Crippen LogP contribution in [0.15, 0.2) is 23.2 Å². The highest BCUT2D eigenvalue weighted by Crippen LogP contribution is 2.72. The van der Waals surface area contributed by atoms with E-state index in [-0.39, 0.29) is 50.4 Å². The van der Waals surface area contributed by atoms with Crippen LogP contribution in [0.2, 0.25) is 0 Å². The Kier molecular flexibility index (Phi) is 38.2. The largest absolute Gasteiger partial charge is 0.506 e. The molecule has 3 saturated carbocycles. The molecule has 0 aromatic heterocycles. The Balaban J connectivity index is 0.806. The Morgan fingerprint density at radius 3 is 1.76 bits per heavy atom. The monoisotopic (exact) mass is 2030 g/mol. The van der Waals surface area contributed by atoms with E-state index in [9.17, 15) is 142 Å². The van der Waals surface area contributed by atoms with Gasteiger partial charge in [0, 0.05) is 12.8 Å². The predicted molar refractivity (Wildman–Crippen MR) is 471 cm³/mol. The minimum Gasteiger partial charge on any atom is -0.506 e. The molecule has 22 unspecified atom stereocenters. The van der Waals surface area contributed by atoms with Crippen LogP contribution in [0.1, 0.15) is 192 Å². The normalized spacial score (nSPS) is 45.0. The molecular weight excluding hydrogens is 1880 g/mol.